The first-order valence-corrected chi connectivity index (χ1v) is 7.75. The average molecular weight is 298 g/mol. The van der Waals surface area contributed by atoms with Gasteiger partial charge in [-0.3, -0.25) is 9.59 Å². The predicted octanol–water partition coefficient (Wildman–Crippen LogP) is 0.435. The zero-order valence-corrected chi connectivity index (χ0v) is 13.0. The minimum absolute atomic E-state index is 0.0853. The van der Waals surface area contributed by atoms with Crippen LogP contribution in [0.3, 0.4) is 0 Å². The molecule has 1 aliphatic carbocycles. The third kappa shape index (κ3) is 3.74. The van der Waals surface area contributed by atoms with E-state index in [1.165, 1.54) is 0 Å². The predicted molar refractivity (Wildman–Crippen MR) is 77.7 cm³/mol. The maximum absolute atomic E-state index is 12.4. The van der Waals surface area contributed by atoms with Crippen LogP contribution < -0.4 is 5.32 Å². The van der Waals surface area contributed by atoms with E-state index in [0.29, 0.717) is 26.0 Å². The first-order chi connectivity index (χ1) is 9.88. The van der Waals surface area contributed by atoms with E-state index in [1.807, 2.05) is 0 Å². The third-order valence-electron chi connectivity index (χ3n) is 4.60. The molecule has 21 heavy (non-hydrogen) atoms. The minimum Gasteiger partial charge on any atom is -0.389 e. The summed E-state index contributed by atoms with van der Waals surface area (Å²) in [4.78, 5) is 26.0. The van der Waals surface area contributed by atoms with Crippen molar-refractivity contribution in [2.45, 2.75) is 56.7 Å². The Balaban J connectivity index is 1.97. The monoisotopic (exact) mass is 298 g/mol. The van der Waals surface area contributed by atoms with Crippen molar-refractivity contribution in [3.05, 3.63) is 0 Å². The third-order valence-corrected chi connectivity index (χ3v) is 4.60. The Bertz CT molecular complexity index is 406. The first-order valence-electron chi connectivity index (χ1n) is 7.75. The van der Waals surface area contributed by atoms with Gasteiger partial charge in [0.25, 0.3) is 5.91 Å². The van der Waals surface area contributed by atoms with Crippen LogP contribution in [0.4, 0.5) is 0 Å². The van der Waals surface area contributed by atoms with Gasteiger partial charge in [0.05, 0.1) is 25.2 Å². The van der Waals surface area contributed by atoms with Crippen molar-refractivity contribution in [1.82, 2.24) is 10.2 Å². The van der Waals surface area contributed by atoms with E-state index >= 15 is 0 Å². The van der Waals surface area contributed by atoms with Gasteiger partial charge in [-0.15, -0.1) is 0 Å². The zero-order valence-electron chi connectivity index (χ0n) is 13.0. The lowest BCUT2D eigenvalue weighted by Crippen LogP contribution is -2.59. The first kappa shape index (κ1) is 16.2. The Morgan fingerprint density at radius 3 is 2.57 bits per heavy atom. The number of ether oxygens (including phenoxy) is 1. The second kappa shape index (κ2) is 6.32. The molecule has 6 heteroatoms. The topological polar surface area (TPSA) is 78.9 Å². The number of aliphatic hydroxyl groups is 1. The lowest BCUT2D eigenvalue weighted by atomic mass is 9.82. The van der Waals surface area contributed by atoms with Crippen molar-refractivity contribution < 1.29 is 19.4 Å². The fourth-order valence-corrected chi connectivity index (χ4v) is 3.26. The molecule has 0 spiro atoms. The van der Waals surface area contributed by atoms with Crippen LogP contribution in [0.1, 0.15) is 45.4 Å². The lowest BCUT2D eigenvalue weighted by Gasteiger charge is -2.40. The molecule has 0 bridgehead atoms. The number of nitrogens with zero attached hydrogens (tertiary/aromatic N) is 1. The standard InChI is InChI=1S/C15H26N2O4/c1-14(13(19)16-2)11-17(8-9-21-14)12(18)10-15(20)6-4-3-5-7-15/h20H,3-11H2,1-2H3,(H,16,19)/t14-/m0/s1. The molecule has 2 fully saturated rings. The van der Waals surface area contributed by atoms with Crippen LogP contribution >= 0.6 is 0 Å². The highest BCUT2D eigenvalue weighted by Gasteiger charge is 2.41. The number of amides is 2. The van der Waals surface area contributed by atoms with Crippen LogP contribution in [-0.4, -0.2) is 59.8 Å². The molecule has 1 atom stereocenters. The van der Waals surface area contributed by atoms with Crippen molar-refractivity contribution in [3.63, 3.8) is 0 Å². The summed E-state index contributed by atoms with van der Waals surface area (Å²) < 4.78 is 5.55. The van der Waals surface area contributed by atoms with Crippen molar-refractivity contribution in [2.75, 3.05) is 26.7 Å². The minimum atomic E-state index is -1.00. The van der Waals surface area contributed by atoms with E-state index in [2.05, 4.69) is 5.32 Å². The van der Waals surface area contributed by atoms with Crippen LogP contribution in [-0.2, 0) is 14.3 Å². The van der Waals surface area contributed by atoms with Crippen molar-refractivity contribution >= 4 is 11.8 Å². The largest absolute Gasteiger partial charge is 0.389 e. The molecule has 1 saturated carbocycles. The van der Waals surface area contributed by atoms with Crippen LogP contribution in [0, 0.1) is 0 Å². The van der Waals surface area contributed by atoms with Gasteiger partial charge in [0.1, 0.15) is 0 Å². The summed E-state index contributed by atoms with van der Waals surface area (Å²) >= 11 is 0. The number of hydrogen-bond donors (Lipinski definition) is 2. The summed E-state index contributed by atoms with van der Waals surface area (Å²) in [6.07, 6.45) is 4.61. The Labute approximate surface area is 125 Å². The zero-order chi connectivity index (χ0) is 15.5. The molecule has 2 amide bonds. The van der Waals surface area contributed by atoms with E-state index in [4.69, 9.17) is 4.74 Å². The van der Waals surface area contributed by atoms with Gasteiger partial charge in [-0.05, 0) is 19.8 Å². The van der Waals surface area contributed by atoms with Crippen LogP contribution in [0.15, 0.2) is 0 Å². The van der Waals surface area contributed by atoms with Crippen molar-refractivity contribution in [1.29, 1.82) is 0 Å². The molecule has 0 unspecified atom stereocenters. The van der Waals surface area contributed by atoms with Gasteiger partial charge in [-0.2, -0.15) is 0 Å². The molecule has 1 aliphatic heterocycles. The SMILES string of the molecule is CNC(=O)[C@]1(C)CN(C(=O)CC2(O)CCCCC2)CCO1. The summed E-state index contributed by atoms with van der Waals surface area (Å²) in [6, 6.07) is 0. The molecule has 2 aliphatic rings. The Hall–Kier alpha value is -1.14. The smallest absolute Gasteiger partial charge is 0.253 e. The average Bonchev–Trinajstić information content (AvgIpc) is 2.46. The van der Waals surface area contributed by atoms with Gasteiger partial charge in [0.15, 0.2) is 5.60 Å². The van der Waals surface area contributed by atoms with E-state index in [9.17, 15) is 14.7 Å². The van der Waals surface area contributed by atoms with Crippen molar-refractivity contribution in [2.24, 2.45) is 0 Å². The number of rotatable bonds is 3. The lowest BCUT2D eigenvalue weighted by molar-refractivity contribution is -0.164. The molecule has 0 radical (unpaired) electrons. The number of carbonyl (C=O) groups excluding carboxylic acids is 2. The van der Waals surface area contributed by atoms with E-state index in [0.717, 1.165) is 19.3 Å². The second-order valence-electron chi connectivity index (χ2n) is 6.44. The van der Waals surface area contributed by atoms with E-state index < -0.39 is 11.2 Å². The van der Waals surface area contributed by atoms with Gasteiger partial charge in [0, 0.05) is 13.6 Å². The molecule has 120 valence electrons. The van der Waals surface area contributed by atoms with Gasteiger partial charge >= 0.3 is 0 Å². The van der Waals surface area contributed by atoms with Gasteiger partial charge in [-0.1, -0.05) is 19.3 Å². The molecule has 2 N–H and O–H groups in total. The van der Waals surface area contributed by atoms with Crippen LogP contribution in [0.5, 0.6) is 0 Å². The molecular weight excluding hydrogens is 272 g/mol. The molecule has 1 saturated heterocycles. The number of hydrogen-bond acceptors (Lipinski definition) is 4. The molecule has 0 aromatic heterocycles. The number of likely N-dealkylation sites (N-methyl/N-ethyl adjacent to an activating group) is 1. The highest BCUT2D eigenvalue weighted by atomic mass is 16.5. The normalized spacial score (nSPS) is 29.0. The fourth-order valence-electron chi connectivity index (χ4n) is 3.26. The molecular formula is C15H26N2O4. The maximum Gasteiger partial charge on any atom is 0.253 e. The molecule has 2 rings (SSSR count). The fraction of sp³-hybridized carbons (Fsp3) is 0.867. The van der Waals surface area contributed by atoms with Crippen molar-refractivity contribution in [3.8, 4) is 0 Å². The highest BCUT2D eigenvalue weighted by Crippen LogP contribution is 2.32. The summed E-state index contributed by atoms with van der Waals surface area (Å²) in [5.74, 6) is -0.311. The molecule has 6 nitrogen and oxygen atoms in total. The molecule has 0 aromatic carbocycles. The highest BCUT2D eigenvalue weighted by molar-refractivity contribution is 5.86. The van der Waals surface area contributed by atoms with Gasteiger partial charge in [-0.25, -0.2) is 0 Å². The van der Waals surface area contributed by atoms with E-state index in [1.54, 1.807) is 18.9 Å². The van der Waals surface area contributed by atoms with Crippen LogP contribution in [0.25, 0.3) is 0 Å². The molecule has 1 heterocycles. The summed E-state index contributed by atoms with van der Waals surface area (Å²) in [5.41, 5.74) is -1.87. The quantitative estimate of drug-likeness (QED) is 0.792. The van der Waals surface area contributed by atoms with Crippen LogP contribution in [0.2, 0.25) is 0 Å². The summed E-state index contributed by atoms with van der Waals surface area (Å²) in [5, 5.41) is 13.1. The van der Waals surface area contributed by atoms with Gasteiger partial charge < -0.3 is 20.1 Å². The van der Waals surface area contributed by atoms with Gasteiger partial charge in [0.2, 0.25) is 5.91 Å². The summed E-state index contributed by atoms with van der Waals surface area (Å²) in [7, 11) is 1.56. The number of morpholine rings is 1. The maximum atomic E-state index is 12.4. The van der Waals surface area contributed by atoms with E-state index in [-0.39, 0.29) is 24.8 Å². The summed E-state index contributed by atoms with van der Waals surface area (Å²) in [6.45, 7) is 2.75. The Morgan fingerprint density at radius 1 is 1.29 bits per heavy atom. The second-order valence-corrected chi connectivity index (χ2v) is 6.44. The number of carbonyl (C=O) groups is 2. The molecule has 0 aromatic rings. The number of nitrogens with one attached hydrogen (secondary N) is 1. The Morgan fingerprint density at radius 2 is 1.95 bits per heavy atom. The Kier molecular flexibility index (Phi) is 4.88.